The molecule has 3 amide bonds. The van der Waals surface area contributed by atoms with Gasteiger partial charge in [-0.25, -0.2) is 18.2 Å². The Kier molecular flexibility index (Phi) is 6.52. The molecule has 0 spiro atoms. The topological polar surface area (TPSA) is 121 Å². The van der Waals surface area contributed by atoms with E-state index in [2.05, 4.69) is 27.6 Å². The van der Waals surface area contributed by atoms with Crippen molar-refractivity contribution in [1.29, 1.82) is 0 Å². The molecule has 4 heterocycles. The van der Waals surface area contributed by atoms with Gasteiger partial charge in [0, 0.05) is 68.3 Å². The summed E-state index contributed by atoms with van der Waals surface area (Å²) in [6.07, 6.45) is 0.700. The maximum atomic E-state index is 13.5. The van der Waals surface area contributed by atoms with E-state index in [4.69, 9.17) is 11.6 Å². The standard InChI is InChI=1S/C22H28ClN7O4S2/c1-13-27(3)17-6-7-30(26-21(17)35-13)22(32)29-9-8-28(12-18(29)20(31)24-2)36(33,34)19-11-14-10-15(23)4-5-16(14)25-19/h4-5,10-11,13,18,25-26H,6-9,12H2,1-3H3,(H,24,31). The average Bonchev–Trinajstić information content (AvgIpc) is 3.42. The lowest BCUT2D eigenvalue weighted by Gasteiger charge is -2.42. The first-order chi connectivity index (χ1) is 17.1. The zero-order valence-electron chi connectivity index (χ0n) is 20.1. The fourth-order valence-corrected chi connectivity index (χ4v) is 7.53. The van der Waals surface area contributed by atoms with Crippen molar-refractivity contribution in [2.24, 2.45) is 0 Å². The third kappa shape index (κ3) is 4.27. The van der Waals surface area contributed by atoms with Gasteiger partial charge in [0.25, 0.3) is 10.0 Å². The second-order valence-corrected chi connectivity index (χ2v) is 12.6. The number of amides is 3. The molecule has 1 saturated heterocycles. The second kappa shape index (κ2) is 9.36. The average molecular weight is 554 g/mol. The number of rotatable bonds is 3. The molecule has 0 radical (unpaired) electrons. The zero-order valence-corrected chi connectivity index (χ0v) is 22.5. The molecule has 3 aliphatic rings. The van der Waals surface area contributed by atoms with Gasteiger partial charge in [0.1, 0.15) is 16.1 Å². The Morgan fingerprint density at radius 1 is 1.19 bits per heavy atom. The monoisotopic (exact) mass is 553 g/mol. The normalized spacial score (nSPS) is 23.2. The number of benzene rings is 1. The minimum absolute atomic E-state index is 0.0175. The molecule has 5 rings (SSSR count). The first-order valence-corrected chi connectivity index (χ1v) is 14.3. The van der Waals surface area contributed by atoms with E-state index in [-0.39, 0.29) is 36.1 Å². The number of likely N-dealkylation sites (N-methyl/N-ethyl adjacent to an activating group) is 1. The summed E-state index contributed by atoms with van der Waals surface area (Å²) < 4.78 is 28.2. The molecular formula is C22H28ClN7O4S2. The van der Waals surface area contributed by atoms with E-state index in [1.165, 1.54) is 27.3 Å². The van der Waals surface area contributed by atoms with Crippen LogP contribution in [0.4, 0.5) is 4.79 Å². The second-order valence-electron chi connectivity index (χ2n) is 8.95. The number of hydrogen-bond donors (Lipinski definition) is 3. The zero-order chi connectivity index (χ0) is 25.8. The number of halogens is 1. The summed E-state index contributed by atoms with van der Waals surface area (Å²) in [5, 5.41) is 6.48. The molecule has 0 bridgehead atoms. The molecule has 2 atom stereocenters. The van der Waals surface area contributed by atoms with Crippen LogP contribution in [0.5, 0.6) is 0 Å². The van der Waals surface area contributed by atoms with E-state index in [9.17, 15) is 18.0 Å². The first-order valence-electron chi connectivity index (χ1n) is 11.6. The number of aromatic amines is 1. The highest BCUT2D eigenvalue weighted by Crippen LogP contribution is 2.38. The largest absolute Gasteiger partial charge is 0.364 e. The molecule has 2 aromatic rings. The number of nitrogens with zero attached hydrogens (tertiary/aromatic N) is 4. The Morgan fingerprint density at radius 3 is 2.72 bits per heavy atom. The quantitative estimate of drug-likeness (QED) is 0.529. The lowest BCUT2D eigenvalue weighted by molar-refractivity contribution is -0.126. The molecule has 194 valence electrons. The van der Waals surface area contributed by atoms with Crippen LogP contribution in [0, 0.1) is 0 Å². The van der Waals surface area contributed by atoms with Crippen molar-refractivity contribution >= 4 is 56.2 Å². The van der Waals surface area contributed by atoms with Crippen molar-refractivity contribution in [3.05, 3.63) is 40.0 Å². The van der Waals surface area contributed by atoms with E-state index >= 15 is 0 Å². The van der Waals surface area contributed by atoms with Gasteiger partial charge in [-0.15, -0.1) is 0 Å². The third-order valence-electron chi connectivity index (χ3n) is 6.88. The number of carbonyl (C=O) groups excluding carboxylic acids is 2. The molecule has 14 heteroatoms. The fraction of sp³-hybridized carbons (Fsp3) is 0.455. The van der Waals surface area contributed by atoms with Gasteiger partial charge in [-0.1, -0.05) is 23.4 Å². The van der Waals surface area contributed by atoms with Crippen molar-refractivity contribution in [3.63, 3.8) is 0 Å². The first kappa shape index (κ1) is 25.1. The molecular weight excluding hydrogens is 526 g/mol. The van der Waals surface area contributed by atoms with Crippen molar-refractivity contribution in [2.75, 3.05) is 40.3 Å². The summed E-state index contributed by atoms with van der Waals surface area (Å²) in [7, 11) is -0.434. The van der Waals surface area contributed by atoms with Gasteiger partial charge >= 0.3 is 6.03 Å². The molecule has 1 fully saturated rings. The minimum Gasteiger partial charge on any atom is -0.364 e. The molecule has 3 N–H and O–H groups in total. The van der Waals surface area contributed by atoms with Gasteiger partial charge in [0.2, 0.25) is 5.91 Å². The predicted octanol–water partition coefficient (Wildman–Crippen LogP) is 1.77. The van der Waals surface area contributed by atoms with Gasteiger partial charge in [0.05, 0.1) is 5.37 Å². The van der Waals surface area contributed by atoms with Crippen LogP contribution in [0.15, 0.2) is 40.0 Å². The number of aromatic nitrogens is 1. The van der Waals surface area contributed by atoms with Crippen LogP contribution in [0.1, 0.15) is 13.3 Å². The molecule has 11 nitrogen and oxygen atoms in total. The highest BCUT2D eigenvalue weighted by Gasteiger charge is 2.42. The van der Waals surface area contributed by atoms with E-state index in [0.717, 1.165) is 10.7 Å². The van der Waals surface area contributed by atoms with Crippen LogP contribution in [-0.2, 0) is 14.8 Å². The summed E-state index contributed by atoms with van der Waals surface area (Å²) in [6, 6.07) is 5.29. The Bertz CT molecular complexity index is 1360. The van der Waals surface area contributed by atoms with E-state index in [1.807, 2.05) is 7.05 Å². The molecule has 36 heavy (non-hydrogen) atoms. The van der Waals surface area contributed by atoms with Crippen molar-refractivity contribution in [1.82, 2.24) is 34.8 Å². The Labute approximate surface area is 218 Å². The number of nitrogens with one attached hydrogen (secondary N) is 3. The Balaban J connectivity index is 1.36. The number of sulfonamides is 1. The number of hydrazine groups is 1. The highest BCUT2D eigenvalue weighted by atomic mass is 35.5. The third-order valence-corrected chi connectivity index (χ3v) is 10.1. The highest BCUT2D eigenvalue weighted by molar-refractivity contribution is 8.03. The molecule has 1 aromatic heterocycles. The molecule has 3 aliphatic heterocycles. The fourth-order valence-electron chi connectivity index (χ4n) is 4.72. The summed E-state index contributed by atoms with van der Waals surface area (Å²) in [4.78, 5) is 32.9. The lowest BCUT2D eigenvalue weighted by atomic mass is 10.2. The number of piperazine rings is 1. The van der Waals surface area contributed by atoms with Crippen LogP contribution in [0.3, 0.4) is 0 Å². The number of hydrogen-bond acceptors (Lipinski definition) is 7. The molecule has 2 unspecified atom stereocenters. The van der Waals surface area contributed by atoms with Crippen molar-refractivity contribution < 1.29 is 18.0 Å². The summed E-state index contributed by atoms with van der Waals surface area (Å²) in [5.41, 5.74) is 5.01. The minimum atomic E-state index is -3.94. The number of urea groups is 1. The van der Waals surface area contributed by atoms with Crippen LogP contribution in [0.2, 0.25) is 5.02 Å². The van der Waals surface area contributed by atoms with Crippen LogP contribution < -0.4 is 10.7 Å². The van der Waals surface area contributed by atoms with Crippen LogP contribution >= 0.6 is 23.4 Å². The van der Waals surface area contributed by atoms with E-state index in [0.29, 0.717) is 28.9 Å². The molecule has 1 aromatic carbocycles. The number of fused-ring (bicyclic) bond motifs is 1. The lowest BCUT2D eigenvalue weighted by Crippen LogP contribution is -2.64. The van der Waals surface area contributed by atoms with E-state index < -0.39 is 22.0 Å². The number of carbonyl (C=O) groups is 2. The Morgan fingerprint density at radius 2 is 1.97 bits per heavy atom. The van der Waals surface area contributed by atoms with Crippen molar-refractivity contribution in [3.8, 4) is 0 Å². The van der Waals surface area contributed by atoms with Gasteiger partial charge in [-0.05, 0) is 31.2 Å². The van der Waals surface area contributed by atoms with Crippen LogP contribution in [-0.4, -0.2) is 96.1 Å². The summed E-state index contributed by atoms with van der Waals surface area (Å²) in [6.45, 7) is 2.54. The Hall–Kier alpha value is -2.61. The number of thioether (sulfide) groups is 1. The molecule has 0 aliphatic carbocycles. The smallest absolute Gasteiger partial charge is 0.339 e. The SMILES string of the molecule is CNC(=O)C1CN(S(=O)(=O)c2cc3cc(Cl)ccc3[nH]2)CCN1C(=O)N1CCC2=C(N1)SC(C)N2C. The van der Waals surface area contributed by atoms with Crippen molar-refractivity contribution in [2.45, 2.75) is 29.8 Å². The maximum Gasteiger partial charge on any atom is 0.339 e. The predicted molar refractivity (Wildman–Crippen MR) is 138 cm³/mol. The van der Waals surface area contributed by atoms with Gasteiger partial charge < -0.3 is 20.1 Å². The van der Waals surface area contributed by atoms with Crippen LogP contribution in [0.25, 0.3) is 10.9 Å². The summed E-state index contributed by atoms with van der Waals surface area (Å²) in [5.74, 6) is -0.424. The molecule has 0 saturated carbocycles. The maximum absolute atomic E-state index is 13.5. The van der Waals surface area contributed by atoms with Gasteiger partial charge in [-0.3, -0.25) is 10.2 Å². The van der Waals surface area contributed by atoms with E-state index in [1.54, 1.807) is 30.0 Å². The van der Waals surface area contributed by atoms with Gasteiger partial charge in [0.15, 0.2) is 0 Å². The van der Waals surface area contributed by atoms with Gasteiger partial charge in [-0.2, -0.15) is 4.31 Å². The number of H-pyrrole nitrogens is 1. The summed E-state index contributed by atoms with van der Waals surface area (Å²) >= 11 is 7.69.